The molecule has 9 nitrogen and oxygen atoms in total. The molecule has 2 saturated heterocycles. The molecule has 0 bridgehead atoms. The second kappa shape index (κ2) is 8.51. The second-order valence-electron chi connectivity index (χ2n) is 8.35. The van der Waals surface area contributed by atoms with Gasteiger partial charge in [-0.2, -0.15) is 5.26 Å². The summed E-state index contributed by atoms with van der Waals surface area (Å²) >= 11 is 12.0. The van der Waals surface area contributed by atoms with Crippen LogP contribution in [0.2, 0.25) is 10.2 Å². The van der Waals surface area contributed by atoms with Crippen molar-refractivity contribution in [2.45, 2.75) is 13.0 Å². The van der Waals surface area contributed by atoms with E-state index in [4.69, 9.17) is 27.9 Å². The van der Waals surface area contributed by atoms with Crippen LogP contribution in [0.5, 0.6) is 0 Å². The molecule has 0 radical (unpaired) electrons. The maximum Gasteiger partial charge on any atom is 0.339 e. The van der Waals surface area contributed by atoms with Crippen LogP contribution in [-0.4, -0.2) is 45.4 Å². The molecule has 5 rings (SSSR count). The molecule has 34 heavy (non-hydrogen) atoms. The zero-order chi connectivity index (χ0) is 24.0. The van der Waals surface area contributed by atoms with E-state index in [1.165, 1.54) is 29.1 Å². The molecule has 2 aromatic heterocycles. The van der Waals surface area contributed by atoms with Gasteiger partial charge in [0, 0.05) is 25.1 Å². The summed E-state index contributed by atoms with van der Waals surface area (Å²) in [6.07, 6.45) is 3.35. The van der Waals surface area contributed by atoms with E-state index in [0.717, 1.165) is 17.1 Å². The number of anilines is 1. The van der Waals surface area contributed by atoms with Gasteiger partial charge in [0.1, 0.15) is 23.3 Å². The minimum absolute atomic E-state index is 0.0167. The lowest BCUT2D eigenvalue weighted by Gasteiger charge is -2.49. The molecular weight excluding hydrogens is 486 g/mol. The molecule has 12 heteroatoms. The van der Waals surface area contributed by atoms with Crippen LogP contribution >= 0.6 is 23.2 Å². The van der Waals surface area contributed by atoms with Crippen LogP contribution in [0.4, 0.5) is 10.2 Å². The summed E-state index contributed by atoms with van der Waals surface area (Å²) in [7, 11) is 0. The molecule has 4 heterocycles. The van der Waals surface area contributed by atoms with Crippen molar-refractivity contribution in [2.24, 2.45) is 5.41 Å². The van der Waals surface area contributed by atoms with Gasteiger partial charge in [0.25, 0.3) is 5.56 Å². The Morgan fingerprint density at radius 3 is 2.68 bits per heavy atom. The molecule has 0 saturated carbocycles. The van der Waals surface area contributed by atoms with Crippen molar-refractivity contribution >= 4 is 29.0 Å². The van der Waals surface area contributed by atoms with Crippen molar-refractivity contribution in [1.82, 2.24) is 19.1 Å². The van der Waals surface area contributed by atoms with Crippen molar-refractivity contribution in [3.8, 4) is 23.0 Å². The van der Waals surface area contributed by atoms with Crippen LogP contribution in [0.25, 0.3) is 16.9 Å². The average Bonchev–Trinajstić information content (AvgIpc) is 3.27. The van der Waals surface area contributed by atoms with E-state index >= 15 is 0 Å². The number of aromatic nitrogens is 4. The van der Waals surface area contributed by atoms with E-state index in [2.05, 4.69) is 9.97 Å². The fraction of sp³-hybridized carbons (Fsp3) is 0.318. The maximum atomic E-state index is 13.9. The van der Waals surface area contributed by atoms with Crippen LogP contribution < -0.4 is 16.1 Å². The summed E-state index contributed by atoms with van der Waals surface area (Å²) < 4.78 is 21.5. The minimum Gasteiger partial charge on any atom is -0.381 e. The Labute approximate surface area is 202 Å². The Kier molecular flexibility index (Phi) is 5.64. The third kappa shape index (κ3) is 3.66. The Balaban J connectivity index is 1.80. The largest absolute Gasteiger partial charge is 0.381 e. The standard InChI is InChI=1S/C22H17Cl2FN6O3/c23-14-7-13(1-2-15(14)25)18-19(29-10-22(11-29)3-6-34-12-22)30(5-4-26)21(33)31(20(18)32)17-9-27-8-16(24)28-17/h1-2,7-9H,3,5-6,10-12H2. The van der Waals surface area contributed by atoms with Crippen LogP contribution in [0.15, 0.2) is 40.2 Å². The zero-order valence-electron chi connectivity index (χ0n) is 17.7. The van der Waals surface area contributed by atoms with Gasteiger partial charge in [-0.25, -0.2) is 18.7 Å². The van der Waals surface area contributed by atoms with Crippen molar-refractivity contribution in [3.63, 3.8) is 0 Å². The van der Waals surface area contributed by atoms with E-state index in [1.54, 1.807) is 0 Å². The molecule has 0 unspecified atom stereocenters. The summed E-state index contributed by atoms with van der Waals surface area (Å²) in [4.78, 5) is 37.1. The fourth-order valence-electron chi connectivity index (χ4n) is 4.54. The van der Waals surface area contributed by atoms with E-state index in [1.807, 2.05) is 11.0 Å². The molecule has 3 aromatic rings. The van der Waals surface area contributed by atoms with Gasteiger partial charge >= 0.3 is 5.69 Å². The predicted octanol–water partition coefficient (Wildman–Crippen LogP) is 2.65. The topological polar surface area (TPSA) is 106 Å². The summed E-state index contributed by atoms with van der Waals surface area (Å²) in [5.74, 6) is -0.480. The average molecular weight is 503 g/mol. The molecule has 0 atom stereocenters. The minimum atomic E-state index is -0.765. The summed E-state index contributed by atoms with van der Waals surface area (Å²) in [5, 5.41) is 9.31. The van der Waals surface area contributed by atoms with Gasteiger partial charge < -0.3 is 9.64 Å². The van der Waals surface area contributed by atoms with Gasteiger partial charge in [0.15, 0.2) is 5.82 Å². The molecule has 2 aliphatic rings. The first-order valence-electron chi connectivity index (χ1n) is 10.4. The highest BCUT2D eigenvalue weighted by Gasteiger charge is 2.47. The number of nitrogens with zero attached hydrogens (tertiary/aromatic N) is 6. The highest BCUT2D eigenvalue weighted by atomic mass is 35.5. The number of ether oxygens (including phenoxy) is 1. The third-order valence-electron chi connectivity index (χ3n) is 6.11. The molecule has 2 fully saturated rings. The first-order chi connectivity index (χ1) is 16.3. The van der Waals surface area contributed by atoms with Crippen molar-refractivity contribution < 1.29 is 9.13 Å². The summed E-state index contributed by atoms with van der Waals surface area (Å²) in [6.45, 7) is 1.98. The molecule has 2 aliphatic heterocycles. The van der Waals surface area contributed by atoms with Gasteiger partial charge in [0.2, 0.25) is 0 Å². The summed E-state index contributed by atoms with van der Waals surface area (Å²) in [6, 6.07) is 5.86. The Morgan fingerprint density at radius 2 is 2.03 bits per heavy atom. The molecule has 174 valence electrons. The monoisotopic (exact) mass is 502 g/mol. The molecule has 1 aromatic carbocycles. The quantitative estimate of drug-likeness (QED) is 0.539. The fourth-order valence-corrected chi connectivity index (χ4v) is 4.86. The lowest BCUT2D eigenvalue weighted by atomic mass is 9.79. The number of halogens is 3. The molecule has 0 N–H and O–H groups in total. The zero-order valence-corrected chi connectivity index (χ0v) is 19.2. The first kappa shape index (κ1) is 22.5. The first-order valence-corrected chi connectivity index (χ1v) is 11.1. The third-order valence-corrected chi connectivity index (χ3v) is 6.59. The highest BCUT2D eigenvalue weighted by Crippen LogP contribution is 2.43. The predicted molar refractivity (Wildman–Crippen MR) is 123 cm³/mol. The van der Waals surface area contributed by atoms with Crippen LogP contribution in [0, 0.1) is 22.6 Å². The summed E-state index contributed by atoms with van der Waals surface area (Å²) in [5.41, 5.74) is -1.16. The molecule has 0 amide bonds. The second-order valence-corrected chi connectivity index (χ2v) is 9.15. The molecule has 1 spiro atoms. The van der Waals surface area contributed by atoms with E-state index < -0.39 is 17.1 Å². The smallest absolute Gasteiger partial charge is 0.339 e. The Morgan fingerprint density at radius 1 is 1.24 bits per heavy atom. The SMILES string of the molecule is N#CCn1c(N2CC3(CCOC3)C2)c(-c2ccc(F)c(Cl)c2)c(=O)n(-c2cncc(Cl)n2)c1=O. The Bertz CT molecular complexity index is 1450. The van der Waals surface area contributed by atoms with E-state index in [9.17, 15) is 19.2 Å². The van der Waals surface area contributed by atoms with Crippen LogP contribution in [0.3, 0.4) is 0 Å². The van der Waals surface area contributed by atoms with Gasteiger partial charge in [-0.1, -0.05) is 29.3 Å². The molecular formula is C22H17Cl2FN6O3. The number of hydrogen-bond acceptors (Lipinski definition) is 7. The number of rotatable bonds is 4. The lowest BCUT2D eigenvalue weighted by Crippen LogP contribution is -2.59. The van der Waals surface area contributed by atoms with E-state index in [0.29, 0.717) is 31.9 Å². The van der Waals surface area contributed by atoms with Crippen LogP contribution in [-0.2, 0) is 11.3 Å². The number of nitriles is 1. The Hall–Kier alpha value is -3.26. The van der Waals surface area contributed by atoms with Gasteiger partial charge in [0.05, 0.1) is 35.7 Å². The maximum absolute atomic E-state index is 13.9. The number of hydrogen-bond donors (Lipinski definition) is 0. The van der Waals surface area contributed by atoms with Gasteiger partial charge in [-0.05, 0) is 24.1 Å². The van der Waals surface area contributed by atoms with E-state index in [-0.39, 0.29) is 39.3 Å². The van der Waals surface area contributed by atoms with Crippen molar-refractivity contribution in [1.29, 1.82) is 5.26 Å². The highest BCUT2D eigenvalue weighted by molar-refractivity contribution is 6.31. The van der Waals surface area contributed by atoms with Gasteiger partial charge in [-0.3, -0.25) is 14.3 Å². The normalized spacial score (nSPS) is 16.5. The number of benzene rings is 1. The van der Waals surface area contributed by atoms with Crippen molar-refractivity contribution in [2.75, 3.05) is 31.2 Å². The van der Waals surface area contributed by atoms with Crippen LogP contribution in [0.1, 0.15) is 6.42 Å². The molecule has 0 aliphatic carbocycles. The van der Waals surface area contributed by atoms with Gasteiger partial charge in [-0.15, -0.1) is 0 Å². The lowest BCUT2D eigenvalue weighted by molar-refractivity contribution is 0.130. The van der Waals surface area contributed by atoms with Crippen molar-refractivity contribution in [3.05, 3.63) is 67.4 Å².